The highest BCUT2D eigenvalue weighted by molar-refractivity contribution is 6.08. The molecule has 2 unspecified atom stereocenters. The zero-order valence-electron chi connectivity index (χ0n) is 19.0. The highest BCUT2D eigenvalue weighted by Crippen LogP contribution is 2.33. The molecule has 2 bridgehead atoms. The van der Waals surface area contributed by atoms with Crippen LogP contribution in [0, 0.1) is 0 Å². The van der Waals surface area contributed by atoms with Gasteiger partial charge in [0.2, 0.25) is 0 Å². The van der Waals surface area contributed by atoms with Crippen LogP contribution >= 0.6 is 0 Å². The number of fused-ring (bicyclic) bond motifs is 3. The number of hydrogen-bond acceptors (Lipinski definition) is 7. The number of rotatable bonds is 3. The van der Waals surface area contributed by atoms with Crippen molar-refractivity contribution in [1.29, 1.82) is 0 Å². The van der Waals surface area contributed by atoms with E-state index >= 15 is 0 Å². The Labute approximate surface area is 204 Å². The molecule has 11 nitrogen and oxygen atoms in total. The number of carboxylic acid groups (broad SMARTS) is 1. The van der Waals surface area contributed by atoms with E-state index in [2.05, 4.69) is 30.7 Å². The van der Waals surface area contributed by atoms with Crippen LogP contribution in [-0.4, -0.2) is 72.7 Å². The smallest absolute Gasteiger partial charge is 0.475 e. The fraction of sp³-hybridized carbons (Fsp3) is 0.450. The Morgan fingerprint density at radius 2 is 1.76 bits per heavy atom. The molecule has 2 saturated heterocycles. The molecule has 2 atom stereocenters. The van der Waals surface area contributed by atoms with Crippen molar-refractivity contribution in [1.82, 2.24) is 29.7 Å². The van der Waals surface area contributed by atoms with E-state index in [-0.39, 0.29) is 11.2 Å². The van der Waals surface area contributed by atoms with Gasteiger partial charge in [0.1, 0.15) is 11.4 Å². The quantitative estimate of drug-likeness (QED) is 0.437. The lowest BCUT2D eigenvalue weighted by Gasteiger charge is -2.33. The number of aromatic nitrogens is 5. The molecule has 17 heteroatoms. The Bertz CT molecular complexity index is 1310. The maximum absolute atomic E-state index is 13.2. The van der Waals surface area contributed by atoms with Gasteiger partial charge in [-0.25, -0.2) is 14.3 Å². The third kappa shape index (κ3) is 5.76. The summed E-state index contributed by atoms with van der Waals surface area (Å²) >= 11 is 0. The van der Waals surface area contributed by atoms with Gasteiger partial charge in [0.05, 0.1) is 11.9 Å². The highest BCUT2D eigenvalue weighted by atomic mass is 19.4. The number of carbonyl (C=O) groups is 2. The Morgan fingerprint density at radius 1 is 1.14 bits per heavy atom. The van der Waals surface area contributed by atoms with Gasteiger partial charge >= 0.3 is 18.3 Å². The van der Waals surface area contributed by atoms with Gasteiger partial charge < -0.3 is 20.6 Å². The minimum absolute atomic E-state index is 0.0898. The van der Waals surface area contributed by atoms with Crippen molar-refractivity contribution in [3.8, 4) is 0 Å². The van der Waals surface area contributed by atoms with Crippen LogP contribution in [0.3, 0.4) is 0 Å². The van der Waals surface area contributed by atoms with Crippen molar-refractivity contribution >= 4 is 29.0 Å². The first-order valence-electron chi connectivity index (χ1n) is 10.8. The number of alkyl halides is 6. The molecular weight excluding hydrogens is 514 g/mol. The summed E-state index contributed by atoms with van der Waals surface area (Å²) in [5.41, 5.74) is -1.19. The second kappa shape index (κ2) is 9.53. The fourth-order valence-corrected chi connectivity index (χ4v) is 4.16. The third-order valence-electron chi connectivity index (χ3n) is 5.73. The number of amides is 1. The summed E-state index contributed by atoms with van der Waals surface area (Å²) in [6.45, 7) is 1.64. The lowest BCUT2D eigenvalue weighted by atomic mass is 10.2. The summed E-state index contributed by atoms with van der Waals surface area (Å²) in [6, 6.07) is 2.66. The van der Waals surface area contributed by atoms with Crippen molar-refractivity contribution in [2.75, 3.05) is 23.3 Å². The molecule has 2 fully saturated rings. The Balaban J connectivity index is 0.000000405. The average Bonchev–Trinajstić information content (AvgIpc) is 3.49. The normalized spacial score (nSPS) is 19.5. The summed E-state index contributed by atoms with van der Waals surface area (Å²) in [6.07, 6.45) is -3.41. The maximum atomic E-state index is 13.2. The molecule has 0 aliphatic carbocycles. The molecule has 5 rings (SSSR count). The van der Waals surface area contributed by atoms with Crippen LogP contribution in [0.15, 0.2) is 24.7 Å². The van der Waals surface area contributed by atoms with E-state index in [0.717, 1.165) is 36.8 Å². The molecule has 0 spiro atoms. The number of aliphatic carboxylic acids is 1. The van der Waals surface area contributed by atoms with Gasteiger partial charge in [-0.3, -0.25) is 9.48 Å². The number of piperazine rings is 1. The summed E-state index contributed by atoms with van der Waals surface area (Å²) < 4.78 is 73.7. The predicted molar refractivity (Wildman–Crippen MR) is 115 cm³/mol. The van der Waals surface area contributed by atoms with Crippen LogP contribution in [0.1, 0.15) is 28.9 Å². The van der Waals surface area contributed by atoms with E-state index in [0.29, 0.717) is 17.9 Å². The molecule has 0 aromatic carbocycles. The number of nitrogens with zero attached hydrogens (tertiary/aromatic N) is 6. The highest BCUT2D eigenvalue weighted by Gasteiger charge is 2.39. The Hall–Kier alpha value is -3.89. The van der Waals surface area contributed by atoms with Gasteiger partial charge in [-0.05, 0) is 18.9 Å². The van der Waals surface area contributed by atoms with E-state index in [1.54, 1.807) is 6.20 Å². The summed E-state index contributed by atoms with van der Waals surface area (Å²) in [5.74, 6) is -2.77. The minimum atomic E-state index is -5.08. The number of anilines is 2. The van der Waals surface area contributed by atoms with Gasteiger partial charge in [0, 0.05) is 44.6 Å². The third-order valence-corrected chi connectivity index (χ3v) is 5.73. The van der Waals surface area contributed by atoms with Gasteiger partial charge in [0.25, 0.3) is 5.91 Å². The van der Waals surface area contributed by atoms with Gasteiger partial charge in [-0.2, -0.15) is 36.5 Å². The van der Waals surface area contributed by atoms with Gasteiger partial charge in [-0.15, -0.1) is 0 Å². The first-order chi connectivity index (χ1) is 17.2. The number of halogens is 6. The molecule has 2 aliphatic heterocycles. The van der Waals surface area contributed by atoms with Crippen LogP contribution in [-0.2, 0) is 18.0 Å². The number of carboxylic acids is 1. The molecule has 37 heavy (non-hydrogen) atoms. The van der Waals surface area contributed by atoms with E-state index in [1.165, 1.54) is 17.8 Å². The van der Waals surface area contributed by atoms with Crippen LogP contribution in [0.2, 0.25) is 0 Å². The zero-order chi connectivity index (χ0) is 27.1. The number of hydrogen-bond donors (Lipinski definition) is 3. The molecule has 5 heterocycles. The zero-order valence-corrected chi connectivity index (χ0v) is 19.0. The molecule has 3 aromatic heterocycles. The maximum Gasteiger partial charge on any atom is 0.490 e. The summed E-state index contributed by atoms with van der Waals surface area (Å²) in [4.78, 5) is 28.4. The molecule has 200 valence electrons. The average molecular weight is 534 g/mol. The van der Waals surface area contributed by atoms with Gasteiger partial charge in [0.15, 0.2) is 11.3 Å². The van der Waals surface area contributed by atoms with Crippen molar-refractivity contribution in [2.45, 2.75) is 37.3 Å². The van der Waals surface area contributed by atoms with E-state index in [4.69, 9.17) is 9.90 Å². The Kier molecular flexibility index (Phi) is 6.74. The molecule has 0 saturated carbocycles. The van der Waals surface area contributed by atoms with E-state index < -0.39 is 35.6 Å². The first kappa shape index (κ1) is 26.2. The number of carbonyl (C=O) groups excluding carboxylic acids is 1. The van der Waals surface area contributed by atoms with Crippen LogP contribution in [0.5, 0.6) is 0 Å². The second-order valence-corrected chi connectivity index (χ2v) is 8.47. The Morgan fingerprint density at radius 3 is 2.32 bits per heavy atom. The van der Waals surface area contributed by atoms with E-state index in [1.807, 2.05) is 6.07 Å². The predicted octanol–water partition coefficient (Wildman–Crippen LogP) is 2.31. The monoisotopic (exact) mass is 534 g/mol. The molecule has 0 radical (unpaired) electrons. The van der Waals surface area contributed by atoms with Crippen molar-refractivity contribution in [3.63, 3.8) is 0 Å². The molecule has 1 amide bonds. The van der Waals surface area contributed by atoms with Crippen molar-refractivity contribution in [3.05, 3.63) is 35.9 Å². The lowest BCUT2D eigenvalue weighted by Crippen LogP contribution is -2.51. The second-order valence-electron chi connectivity index (χ2n) is 8.47. The summed E-state index contributed by atoms with van der Waals surface area (Å²) in [7, 11) is 1.36. The van der Waals surface area contributed by atoms with Crippen LogP contribution in [0.25, 0.3) is 5.65 Å². The number of aryl methyl sites for hydroxylation is 1. The van der Waals surface area contributed by atoms with E-state index in [9.17, 15) is 31.1 Å². The van der Waals surface area contributed by atoms with Crippen molar-refractivity contribution in [2.24, 2.45) is 7.05 Å². The largest absolute Gasteiger partial charge is 0.490 e. The lowest BCUT2D eigenvalue weighted by molar-refractivity contribution is -0.192. The standard InChI is InChI=1S/C18H19F3N8O.C2HF3O2/c1-27-9-13(15(26-27)18(19,20)21)24-17(30)12-6-22-29-5-4-14(25-16(12)29)28-7-10-2-3-11(8-28)23-10;3-2(4,5)1(6)7/h4-6,9-11,23H,2-3,7-8H2,1H3,(H,24,30);(H,6,7). The minimum Gasteiger partial charge on any atom is -0.475 e. The van der Waals surface area contributed by atoms with Crippen molar-refractivity contribution < 1.29 is 41.0 Å². The first-order valence-corrected chi connectivity index (χ1v) is 10.8. The fourth-order valence-electron chi connectivity index (χ4n) is 4.16. The van der Waals surface area contributed by atoms with Crippen LogP contribution in [0.4, 0.5) is 37.8 Å². The molecule has 3 aromatic rings. The SMILES string of the molecule is Cn1cc(NC(=O)c2cnn3ccc(N4CC5CCC(C4)N5)nc23)c(C(F)(F)F)n1.O=C(O)C(F)(F)F. The molecular formula is C20H20F6N8O3. The molecule has 3 N–H and O–H groups in total. The van der Waals surface area contributed by atoms with Gasteiger partial charge in [-0.1, -0.05) is 0 Å². The topological polar surface area (TPSA) is 130 Å². The van der Waals surface area contributed by atoms with Crippen LogP contribution < -0.4 is 15.5 Å². The number of nitrogens with one attached hydrogen (secondary N) is 2. The summed E-state index contributed by atoms with van der Waals surface area (Å²) in [5, 5.41) is 20.5. The molecule has 2 aliphatic rings.